The second kappa shape index (κ2) is 4.20. The number of carbonyl (C=O) groups is 3. The summed E-state index contributed by atoms with van der Waals surface area (Å²) in [5, 5.41) is 10.6. The van der Waals surface area contributed by atoms with Gasteiger partial charge in [0.1, 0.15) is 4.88 Å². The molecule has 0 saturated carbocycles. The maximum atomic E-state index is 12.0. The third-order valence-electron chi connectivity index (χ3n) is 2.99. The van der Waals surface area contributed by atoms with E-state index in [1.165, 1.54) is 0 Å². The van der Waals surface area contributed by atoms with Crippen molar-refractivity contribution >= 4 is 29.1 Å². The number of aromatic carboxylic acids is 1. The summed E-state index contributed by atoms with van der Waals surface area (Å²) in [4.78, 5) is 36.1. The normalized spacial score (nSPS) is 18.4. The van der Waals surface area contributed by atoms with Crippen molar-refractivity contribution in [3.8, 4) is 0 Å². The molecule has 2 heterocycles. The van der Waals surface area contributed by atoms with E-state index in [4.69, 9.17) is 5.11 Å². The Balaban J connectivity index is 2.25. The van der Waals surface area contributed by atoms with E-state index >= 15 is 0 Å². The molecular weight excluding hydrogens is 254 g/mol. The van der Waals surface area contributed by atoms with Crippen LogP contribution in [-0.4, -0.2) is 27.8 Å². The Morgan fingerprint density at radius 2 is 2.17 bits per heavy atom. The number of carboxylic acids is 1. The molecule has 1 fully saturated rings. The van der Waals surface area contributed by atoms with Gasteiger partial charge in [0.05, 0.1) is 12.0 Å². The van der Waals surface area contributed by atoms with Crippen molar-refractivity contribution in [2.45, 2.75) is 26.8 Å². The zero-order chi connectivity index (χ0) is 13.5. The molecule has 1 N–H and O–H groups in total. The van der Waals surface area contributed by atoms with Crippen LogP contribution in [0.25, 0.3) is 0 Å². The van der Waals surface area contributed by atoms with Crippen molar-refractivity contribution in [3.63, 3.8) is 0 Å². The fourth-order valence-corrected chi connectivity index (χ4v) is 2.76. The summed E-state index contributed by atoms with van der Waals surface area (Å²) >= 11 is 1.09. The van der Waals surface area contributed by atoms with Gasteiger partial charge in [0.2, 0.25) is 11.8 Å². The lowest BCUT2D eigenvalue weighted by Crippen LogP contribution is -2.32. The number of hydrogen-bond donors (Lipinski definition) is 1. The van der Waals surface area contributed by atoms with Gasteiger partial charge in [-0.3, -0.25) is 14.5 Å². The van der Waals surface area contributed by atoms with Crippen molar-refractivity contribution in [1.29, 1.82) is 0 Å². The second-order valence-corrected chi connectivity index (χ2v) is 5.84. The maximum Gasteiger partial charge on any atom is 0.346 e. The molecule has 0 spiro atoms. The minimum absolute atomic E-state index is 0.0478. The number of rotatable bonds is 3. The predicted octanol–water partition coefficient (Wildman–Crippen LogP) is 1.73. The summed E-state index contributed by atoms with van der Waals surface area (Å²) < 4.78 is 0. The predicted molar refractivity (Wildman–Crippen MR) is 65.2 cm³/mol. The lowest BCUT2D eigenvalue weighted by atomic mass is 9.92. The van der Waals surface area contributed by atoms with Crippen LogP contribution in [-0.2, 0) is 16.1 Å². The van der Waals surface area contributed by atoms with Gasteiger partial charge in [-0.05, 0) is 17.0 Å². The third-order valence-corrected chi connectivity index (χ3v) is 3.93. The summed E-state index contributed by atoms with van der Waals surface area (Å²) in [5.41, 5.74) is -0.178. The van der Waals surface area contributed by atoms with E-state index in [-0.39, 0.29) is 29.7 Å². The molecule has 6 heteroatoms. The van der Waals surface area contributed by atoms with Crippen LogP contribution < -0.4 is 0 Å². The SMILES string of the molecule is CC1(C)CC(=O)N(Cc2ccsc2C(=O)O)C1=O. The minimum atomic E-state index is -1.03. The molecule has 96 valence electrons. The van der Waals surface area contributed by atoms with E-state index in [0.29, 0.717) is 5.56 Å². The van der Waals surface area contributed by atoms with Crippen LogP contribution in [0.5, 0.6) is 0 Å². The molecule has 18 heavy (non-hydrogen) atoms. The van der Waals surface area contributed by atoms with Gasteiger partial charge in [0.25, 0.3) is 0 Å². The molecule has 1 aliphatic heterocycles. The zero-order valence-corrected chi connectivity index (χ0v) is 10.9. The van der Waals surface area contributed by atoms with Crippen LogP contribution in [0.3, 0.4) is 0 Å². The van der Waals surface area contributed by atoms with E-state index in [9.17, 15) is 14.4 Å². The van der Waals surface area contributed by atoms with E-state index in [2.05, 4.69) is 0 Å². The first kappa shape index (κ1) is 12.8. The molecule has 5 nitrogen and oxygen atoms in total. The van der Waals surface area contributed by atoms with Crippen LogP contribution in [0.2, 0.25) is 0 Å². The van der Waals surface area contributed by atoms with Crippen LogP contribution in [0.15, 0.2) is 11.4 Å². The summed E-state index contributed by atoms with van der Waals surface area (Å²) in [6.45, 7) is 3.49. The number of amides is 2. The molecule has 0 aromatic carbocycles. The molecule has 0 aliphatic carbocycles. The summed E-state index contributed by atoms with van der Waals surface area (Å²) in [6, 6.07) is 1.64. The Labute approximate surface area is 108 Å². The van der Waals surface area contributed by atoms with E-state index in [1.807, 2.05) is 0 Å². The molecule has 0 bridgehead atoms. The first-order chi connectivity index (χ1) is 8.33. The van der Waals surface area contributed by atoms with Crippen LogP contribution in [0.1, 0.15) is 35.5 Å². The smallest absolute Gasteiger partial charge is 0.346 e. The minimum Gasteiger partial charge on any atom is -0.477 e. The summed E-state index contributed by atoms with van der Waals surface area (Å²) in [7, 11) is 0. The fourth-order valence-electron chi connectivity index (χ4n) is 2.01. The van der Waals surface area contributed by atoms with Gasteiger partial charge in [-0.25, -0.2) is 4.79 Å². The average molecular weight is 267 g/mol. The summed E-state index contributed by atoms with van der Waals surface area (Å²) in [5.74, 6) is -1.51. The fraction of sp³-hybridized carbons (Fsp3) is 0.417. The first-order valence-electron chi connectivity index (χ1n) is 5.47. The molecule has 1 aliphatic rings. The van der Waals surface area contributed by atoms with E-state index in [1.54, 1.807) is 25.3 Å². The number of likely N-dealkylation sites (tertiary alicyclic amines) is 1. The van der Waals surface area contributed by atoms with Gasteiger partial charge < -0.3 is 5.11 Å². The van der Waals surface area contributed by atoms with E-state index in [0.717, 1.165) is 16.2 Å². The van der Waals surface area contributed by atoms with Gasteiger partial charge >= 0.3 is 5.97 Å². The number of carbonyl (C=O) groups excluding carboxylic acids is 2. The Morgan fingerprint density at radius 3 is 2.67 bits per heavy atom. The Morgan fingerprint density at radius 1 is 1.50 bits per heavy atom. The summed E-state index contributed by atoms with van der Waals surface area (Å²) in [6.07, 6.45) is 0.179. The maximum absolute atomic E-state index is 12.0. The molecule has 2 rings (SSSR count). The van der Waals surface area contributed by atoms with Crippen LogP contribution >= 0.6 is 11.3 Å². The van der Waals surface area contributed by atoms with Gasteiger partial charge in [-0.15, -0.1) is 11.3 Å². The van der Waals surface area contributed by atoms with Crippen LogP contribution in [0, 0.1) is 5.41 Å². The lowest BCUT2D eigenvalue weighted by molar-refractivity contribution is -0.141. The average Bonchev–Trinajstić information content (AvgIpc) is 2.78. The number of carboxylic acid groups (broad SMARTS) is 1. The van der Waals surface area contributed by atoms with Crippen molar-refractivity contribution in [3.05, 3.63) is 21.9 Å². The van der Waals surface area contributed by atoms with E-state index < -0.39 is 11.4 Å². The second-order valence-electron chi connectivity index (χ2n) is 4.93. The molecule has 0 radical (unpaired) electrons. The van der Waals surface area contributed by atoms with Crippen LogP contribution in [0.4, 0.5) is 0 Å². The number of hydrogen-bond acceptors (Lipinski definition) is 4. The van der Waals surface area contributed by atoms with Gasteiger partial charge in [-0.1, -0.05) is 13.8 Å². The lowest BCUT2D eigenvalue weighted by Gasteiger charge is -2.17. The molecule has 2 amide bonds. The zero-order valence-electron chi connectivity index (χ0n) is 10.1. The largest absolute Gasteiger partial charge is 0.477 e. The van der Waals surface area contributed by atoms with Crippen molar-refractivity contribution < 1.29 is 19.5 Å². The quantitative estimate of drug-likeness (QED) is 0.846. The highest BCUT2D eigenvalue weighted by Gasteiger charge is 2.44. The molecule has 0 atom stereocenters. The Kier molecular flexibility index (Phi) is 2.98. The van der Waals surface area contributed by atoms with Crippen molar-refractivity contribution in [2.24, 2.45) is 5.41 Å². The molecule has 1 saturated heterocycles. The van der Waals surface area contributed by atoms with Crippen molar-refractivity contribution in [1.82, 2.24) is 4.90 Å². The van der Waals surface area contributed by atoms with Crippen molar-refractivity contribution in [2.75, 3.05) is 0 Å². The highest BCUT2D eigenvalue weighted by molar-refractivity contribution is 7.12. The monoisotopic (exact) mass is 267 g/mol. The molecule has 1 aromatic rings. The highest BCUT2D eigenvalue weighted by Crippen LogP contribution is 2.33. The number of thiophene rings is 1. The Hall–Kier alpha value is -1.69. The number of nitrogens with zero attached hydrogens (tertiary/aromatic N) is 1. The first-order valence-corrected chi connectivity index (χ1v) is 6.35. The third kappa shape index (κ3) is 2.03. The number of imide groups is 1. The van der Waals surface area contributed by atoms with Gasteiger partial charge in [0, 0.05) is 6.42 Å². The molecule has 1 aromatic heterocycles. The highest BCUT2D eigenvalue weighted by atomic mass is 32.1. The topological polar surface area (TPSA) is 74.7 Å². The Bertz CT molecular complexity index is 532. The standard InChI is InChI=1S/C12H13NO4S/c1-12(2)5-8(14)13(11(12)17)6-7-3-4-18-9(7)10(15)16/h3-4H,5-6H2,1-2H3,(H,15,16). The molecule has 0 unspecified atom stereocenters. The van der Waals surface area contributed by atoms with Gasteiger partial charge in [0.15, 0.2) is 0 Å². The van der Waals surface area contributed by atoms with Gasteiger partial charge in [-0.2, -0.15) is 0 Å². The molecular formula is C12H13NO4S.